The molecule has 0 bridgehead atoms. The predicted octanol–water partition coefficient (Wildman–Crippen LogP) is 3.60. The second kappa shape index (κ2) is 13.3. The van der Waals surface area contributed by atoms with Gasteiger partial charge in [0.1, 0.15) is 18.5 Å². The van der Waals surface area contributed by atoms with Gasteiger partial charge in [-0.2, -0.15) is 0 Å². The molecule has 2 aromatic carbocycles. The molecule has 11 nitrogen and oxygen atoms in total. The van der Waals surface area contributed by atoms with E-state index >= 15 is 0 Å². The van der Waals surface area contributed by atoms with Crippen LogP contribution in [0.1, 0.15) is 43.0 Å². The molecule has 11 heteroatoms. The zero-order valence-corrected chi connectivity index (χ0v) is 26.0. The van der Waals surface area contributed by atoms with Crippen LogP contribution in [0.5, 0.6) is 11.5 Å². The molecule has 2 heterocycles. The van der Waals surface area contributed by atoms with E-state index in [2.05, 4.69) is 9.80 Å². The lowest BCUT2D eigenvalue weighted by atomic mass is 9.86. The van der Waals surface area contributed by atoms with Gasteiger partial charge in [0.05, 0.1) is 22.6 Å². The molecule has 2 aliphatic rings. The van der Waals surface area contributed by atoms with Crippen LogP contribution in [0.3, 0.4) is 0 Å². The lowest BCUT2D eigenvalue weighted by Crippen LogP contribution is -2.52. The van der Waals surface area contributed by atoms with Crippen LogP contribution < -0.4 is 14.9 Å². The number of rotatable bonds is 10. The third kappa shape index (κ3) is 6.14. The minimum Gasteiger partial charge on any atom is -0.464 e. The third-order valence-corrected chi connectivity index (χ3v) is 8.32. The van der Waals surface area contributed by atoms with Crippen molar-refractivity contribution in [3.63, 3.8) is 0 Å². The van der Waals surface area contributed by atoms with E-state index in [0.29, 0.717) is 34.6 Å². The van der Waals surface area contributed by atoms with Gasteiger partial charge in [-0.1, -0.05) is 6.08 Å². The summed E-state index contributed by atoms with van der Waals surface area (Å²) in [6.45, 7) is 6.32. The molecule has 1 atom stereocenters. The first-order chi connectivity index (χ1) is 21.1. The maximum Gasteiger partial charge on any atom is 0.339 e. The van der Waals surface area contributed by atoms with E-state index in [1.165, 1.54) is 20.5 Å². The van der Waals surface area contributed by atoms with Gasteiger partial charge in [0, 0.05) is 45.0 Å². The lowest BCUT2D eigenvalue weighted by molar-refractivity contribution is 0.0235. The number of hydrogen-bond donors (Lipinski definition) is 0. The molecule has 1 fully saturated rings. The number of Topliss-reactive ketones (excluding diaryl/α,β-unsaturated/α-hetero) is 1. The number of ketones is 1. The minimum atomic E-state index is -0.597. The van der Waals surface area contributed by atoms with Crippen molar-refractivity contribution < 1.29 is 37.7 Å². The van der Waals surface area contributed by atoms with Gasteiger partial charge < -0.3 is 33.0 Å². The van der Waals surface area contributed by atoms with E-state index < -0.39 is 11.4 Å². The summed E-state index contributed by atoms with van der Waals surface area (Å²) in [6.07, 6.45) is 3.33. The number of likely N-dealkylation sites (N-methyl/N-ethyl adjacent to an activating group) is 2. The Bertz CT molecular complexity index is 1680. The Morgan fingerprint density at radius 3 is 2.39 bits per heavy atom. The Hall–Kier alpha value is -4.03. The molecule has 3 aromatic rings. The Balaban J connectivity index is 1.51. The van der Waals surface area contributed by atoms with Gasteiger partial charge in [-0.25, -0.2) is 4.79 Å². The molecule has 1 saturated heterocycles. The molecule has 1 aliphatic carbocycles. The Labute approximate surface area is 255 Å². The standard InChI is InChI=1S/C33H38N2O9/c1-19-11-28-30(29(20(19)2)33(38)42-15-22-14-34(3)9-10-35(22)4)32(37)25(16-41-28)23-8-7-21-12-26(43-17-39-5)27(44-18-40-6)13-24(21)31(23)36/h8,11-13,16,22H,7,9-10,14-15,17-18H2,1-6H3. The van der Waals surface area contributed by atoms with Crippen molar-refractivity contribution in [3.8, 4) is 11.5 Å². The number of fused-ring (bicyclic) bond motifs is 2. The quantitative estimate of drug-likeness (QED) is 0.249. The zero-order chi connectivity index (χ0) is 31.5. The molecule has 1 aliphatic heterocycles. The SMILES string of the molecule is COCOc1cc2c(cc1OCOC)C(=O)C(c1coc3cc(C)c(C)c(C(=O)OCC4CN(C)CCN4C)c3c1=O)=CC2. The molecular formula is C33H38N2O9. The number of allylic oxidation sites excluding steroid dienone is 2. The Morgan fingerprint density at radius 2 is 1.68 bits per heavy atom. The van der Waals surface area contributed by atoms with Gasteiger partial charge in [-0.15, -0.1) is 0 Å². The van der Waals surface area contributed by atoms with Crippen LogP contribution in [0.4, 0.5) is 0 Å². The Kier molecular flexibility index (Phi) is 9.50. The monoisotopic (exact) mass is 606 g/mol. The van der Waals surface area contributed by atoms with Crippen molar-refractivity contribution in [1.82, 2.24) is 9.80 Å². The van der Waals surface area contributed by atoms with Crippen LogP contribution >= 0.6 is 0 Å². The second-order valence-corrected chi connectivity index (χ2v) is 11.2. The van der Waals surface area contributed by atoms with Crippen LogP contribution in [-0.4, -0.2) is 95.7 Å². The summed E-state index contributed by atoms with van der Waals surface area (Å²) >= 11 is 0. The number of carbonyl (C=O) groups excluding carboxylic acids is 2. The molecule has 1 aromatic heterocycles. The topological polar surface area (TPSA) is 117 Å². The maximum atomic E-state index is 14.1. The molecule has 44 heavy (non-hydrogen) atoms. The number of esters is 1. The number of hydrogen-bond acceptors (Lipinski definition) is 11. The first-order valence-electron chi connectivity index (χ1n) is 14.4. The van der Waals surface area contributed by atoms with Crippen LogP contribution in [0.15, 0.2) is 39.7 Å². The van der Waals surface area contributed by atoms with Crippen molar-refractivity contribution in [2.24, 2.45) is 0 Å². The summed E-state index contributed by atoms with van der Waals surface area (Å²) in [5.41, 5.74) is 2.65. The third-order valence-electron chi connectivity index (χ3n) is 8.32. The lowest BCUT2D eigenvalue weighted by Gasteiger charge is -2.37. The number of methoxy groups -OCH3 is 2. The van der Waals surface area contributed by atoms with E-state index in [1.807, 2.05) is 21.0 Å². The van der Waals surface area contributed by atoms with Gasteiger partial charge >= 0.3 is 5.97 Å². The second-order valence-electron chi connectivity index (χ2n) is 11.2. The van der Waals surface area contributed by atoms with Crippen molar-refractivity contribution in [2.45, 2.75) is 26.3 Å². The van der Waals surface area contributed by atoms with Gasteiger partial charge in [0.15, 0.2) is 30.9 Å². The fraction of sp³-hybridized carbons (Fsp3) is 0.424. The average Bonchev–Trinajstić information content (AvgIpc) is 3.01. The minimum absolute atomic E-state index is 0.00658. The van der Waals surface area contributed by atoms with Crippen molar-refractivity contribution in [2.75, 3.05) is 68.1 Å². The first kappa shape index (κ1) is 31.4. The molecule has 0 spiro atoms. The largest absolute Gasteiger partial charge is 0.464 e. The van der Waals surface area contributed by atoms with Crippen molar-refractivity contribution in [1.29, 1.82) is 0 Å². The number of nitrogens with zero attached hydrogens (tertiary/aromatic N) is 2. The molecule has 234 valence electrons. The summed E-state index contributed by atoms with van der Waals surface area (Å²) < 4.78 is 33.1. The Morgan fingerprint density at radius 1 is 0.977 bits per heavy atom. The van der Waals surface area contributed by atoms with Gasteiger partial charge in [-0.05, 0) is 69.3 Å². The molecule has 1 unspecified atom stereocenters. The number of aryl methyl sites for hydroxylation is 1. The first-order valence-corrected chi connectivity index (χ1v) is 14.4. The normalized spacial score (nSPS) is 17.4. The van der Waals surface area contributed by atoms with Crippen LogP contribution in [0.25, 0.3) is 16.5 Å². The fourth-order valence-corrected chi connectivity index (χ4v) is 5.62. The highest BCUT2D eigenvalue weighted by atomic mass is 16.7. The number of benzene rings is 2. The highest BCUT2D eigenvalue weighted by molar-refractivity contribution is 6.30. The maximum absolute atomic E-state index is 14.1. The van der Waals surface area contributed by atoms with E-state index in [9.17, 15) is 14.4 Å². The molecule has 5 rings (SSSR count). The summed E-state index contributed by atoms with van der Waals surface area (Å²) in [4.78, 5) is 45.9. The van der Waals surface area contributed by atoms with Crippen molar-refractivity contribution in [3.05, 3.63) is 74.1 Å². The number of piperazine rings is 1. The van der Waals surface area contributed by atoms with Crippen LogP contribution in [0, 0.1) is 13.8 Å². The van der Waals surface area contributed by atoms with E-state index in [-0.39, 0.29) is 59.7 Å². The van der Waals surface area contributed by atoms with Gasteiger partial charge in [0.25, 0.3) is 0 Å². The van der Waals surface area contributed by atoms with Crippen LogP contribution in [-0.2, 0) is 20.6 Å². The molecule has 0 amide bonds. The highest BCUT2D eigenvalue weighted by Crippen LogP contribution is 2.37. The summed E-state index contributed by atoms with van der Waals surface area (Å²) in [7, 11) is 7.03. The molecule has 0 saturated carbocycles. The smallest absolute Gasteiger partial charge is 0.339 e. The van der Waals surface area contributed by atoms with E-state index in [0.717, 1.165) is 25.2 Å². The fourth-order valence-electron chi connectivity index (χ4n) is 5.62. The zero-order valence-electron chi connectivity index (χ0n) is 26.0. The van der Waals surface area contributed by atoms with Crippen molar-refractivity contribution >= 4 is 28.3 Å². The summed E-state index contributed by atoms with van der Waals surface area (Å²) in [6, 6.07) is 5.05. The molecule has 0 N–H and O–H groups in total. The number of ether oxygens (including phenoxy) is 5. The van der Waals surface area contributed by atoms with Gasteiger partial charge in [0.2, 0.25) is 5.43 Å². The average molecular weight is 607 g/mol. The number of carbonyl (C=O) groups is 2. The van der Waals surface area contributed by atoms with Gasteiger partial charge in [-0.3, -0.25) is 14.5 Å². The van der Waals surface area contributed by atoms with E-state index in [1.54, 1.807) is 31.2 Å². The van der Waals surface area contributed by atoms with E-state index in [4.69, 9.17) is 28.1 Å². The molecular weight excluding hydrogens is 568 g/mol. The molecule has 0 radical (unpaired) electrons. The highest BCUT2D eigenvalue weighted by Gasteiger charge is 2.30. The predicted molar refractivity (Wildman–Crippen MR) is 164 cm³/mol. The summed E-state index contributed by atoms with van der Waals surface area (Å²) in [5.74, 6) is -0.276. The summed E-state index contributed by atoms with van der Waals surface area (Å²) in [5, 5.41) is 0.0941. The van der Waals surface area contributed by atoms with Crippen LogP contribution in [0.2, 0.25) is 0 Å².